The topological polar surface area (TPSA) is 178 Å². The van der Waals surface area contributed by atoms with Crippen LogP contribution in [0.1, 0.15) is 107 Å². The average Bonchev–Trinajstić information content (AvgIpc) is 3.70. The molecule has 0 aromatic carbocycles. The van der Waals surface area contributed by atoms with E-state index in [0.29, 0.717) is 24.8 Å². The first-order chi connectivity index (χ1) is 26.4. The van der Waals surface area contributed by atoms with Crippen LogP contribution in [0.2, 0.25) is 0 Å². The number of Topliss-reactive ketones (excluding diaryl/α,β-unsaturated/α-hetero) is 1. The van der Waals surface area contributed by atoms with Gasteiger partial charge in [-0.05, 0) is 90.9 Å². The summed E-state index contributed by atoms with van der Waals surface area (Å²) in [5, 5.41) is 21.3. The molecule has 2 spiro atoms. The number of hydrogen-bond acceptors (Lipinski definition) is 14. The van der Waals surface area contributed by atoms with E-state index in [2.05, 4.69) is 6.92 Å². The van der Waals surface area contributed by atoms with Crippen molar-refractivity contribution in [2.24, 2.45) is 28.6 Å². The van der Waals surface area contributed by atoms with Gasteiger partial charge >= 0.3 is 11.9 Å². The number of carbonyl (C=O) groups is 3. The Hall–Kier alpha value is -2.01. The number of epoxide rings is 1. The maximum atomic E-state index is 13.7. The van der Waals surface area contributed by atoms with Crippen molar-refractivity contribution in [3.05, 3.63) is 11.6 Å². The van der Waals surface area contributed by atoms with Crippen LogP contribution < -0.4 is 0 Å². The lowest BCUT2D eigenvalue weighted by molar-refractivity contribution is -0.343. The molecular weight excluding hydrogens is 728 g/mol. The number of hydrogen-bond donors (Lipinski definition) is 2. The Morgan fingerprint density at radius 2 is 1.54 bits per heavy atom. The lowest BCUT2D eigenvalue weighted by Gasteiger charge is -2.61. The van der Waals surface area contributed by atoms with Crippen molar-refractivity contribution in [2.75, 3.05) is 14.2 Å². The van der Waals surface area contributed by atoms with E-state index >= 15 is 0 Å². The van der Waals surface area contributed by atoms with E-state index in [1.165, 1.54) is 14.0 Å². The molecular formula is C42H64O14. The van der Waals surface area contributed by atoms with Gasteiger partial charge in [-0.25, -0.2) is 4.79 Å². The number of fused-ring (bicyclic) bond motifs is 2. The largest absolute Gasteiger partial charge is 0.458 e. The Morgan fingerprint density at radius 1 is 0.804 bits per heavy atom. The number of allylic oxidation sites excluding steroid dienone is 1. The third-order valence-electron chi connectivity index (χ3n) is 15.6. The Balaban J connectivity index is 1.10. The summed E-state index contributed by atoms with van der Waals surface area (Å²) >= 11 is 0. The molecule has 19 atom stereocenters. The normalized spacial score (nSPS) is 51.1. The van der Waals surface area contributed by atoms with Gasteiger partial charge in [0, 0.05) is 50.4 Å². The third-order valence-corrected chi connectivity index (χ3v) is 15.6. The Labute approximate surface area is 330 Å². The van der Waals surface area contributed by atoms with Crippen LogP contribution in [-0.4, -0.2) is 127 Å². The Bertz CT molecular complexity index is 1550. The van der Waals surface area contributed by atoms with Crippen LogP contribution in [-0.2, 0) is 57.0 Å². The first-order valence-electron chi connectivity index (χ1n) is 20.7. The van der Waals surface area contributed by atoms with E-state index in [0.717, 1.165) is 32.1 Å². The molecule has 0 amide bonds. The molecule has 3 saturated heterocycles. The molecule has 14 heteroatoms. The predicted molar refractivity (Wildman–Crippen MR) is 198 cm³/mol. The molecule has 1 unspecified atom stereocenters. The second-order valence-corrected chi connectivity index (χ2v) is 18.2. The van der Waals surface area contributed by atoms with Crippen molar-refractivity contribution in [3.63, 3.8) is 0 Å². The molecule has 0 bridgehead atoms. The number of aliphatic hydroxyl groups is 2. The fraction of sp³-hybridized carbons (Fsp3) is 0.881. The summed E-state index contributed by atoms with van der Waals surface area (Å²) in [5.41, 5.74) is -2.04. The molecule has 4 aliphatic carbocycles. The van der Waals surface area contributed by atoms with Gasteiger partial charge in [0.05, 0.1) is 24.4 Å². The molecule has 0 radical (unpaired) electrons. The highest BCUT2D eigenvalue weighted by molar-refractivity contribution is 5.88. The molecule has 0 aromatic heterocycles. The lowest BCUT2D eigenvalue weighted by Crippen LogP contribution is -2.70. The lowest BCUT2D eigenvalue weighted by atomic mass is 9.43. The molecule has 56 heavy (non-hydrogen) atoms. The minimum absolute atomic E-state index is 0.0276. The molecule has 3 heterocycles. The highest BCUT2D eigenvalue weighted by atomic mass is 16.7. The smallest absolute Gasteiger partial charge is 0.333 e. The van der Waals surface area contributed by atoms with Crippen LogP contribution in [0.15, 0.2) is 11.6 Å². The van der Waals surface area contributed by atoms with Gasteiger partial charge in [0.25, 0.3) is 0 Å². The predicted octanol–water partition coefficient (Wildman–Crippen LogP) is 3.94. The minimum atomic E-state index is -1.21. The van der Waals surface area contributed by atoms with Crippen molar-refractivity contribution < 1.29 is 67.2 Å². The summed E-state index contributed by atoms with van der Waals surface area (Å²) in [6, 6.07) is 0. The maximum absolute atomic E-state index is 13.7. The quantitative estimate of drug-likeness (QED) is 0.141. The van der Waals surface area contributed by atoms with Gasteiger partial charge in [-0.15, -0.1) is 0 Å². The van der Waals surface area contributed by atoms with E-state index in [4.69, 9.17) is 42.6 Å². The monoisotopic (exact) mass is 792 g/mol. The van der Waals surface area contributed by atoms with E-state index in [9.17, 15) is 24.6 Å². The van der Waals surface area contributed by atoms with Crippen molar-refractivity contribution in [1.82, 2.24) is 0 Å². The highest BCUT2D eigenvalue weighted by Gasteiger charge is 2.91. The molecule has 0 aromatic rings. The molecule has 2 N–H and O–H groups in total. The van der Waals surface area contributed by atoms with Gasteiger partial charge in [0.1, 0.15) is 53.6 Å². The molecule has 316 valence electrons. The second-order valence-electron chi connectivity index (χ2n) is 18.2. The summed E-state index contributed by atoms with van der Waals surface area (Å²) in [6.07, 6.45) is -1.32. The maximum Gasteiger partial charge on any atom is 0.333 e. The number of ether oxygens (including phenoxy) is 9. The second kappa shape index (κ2) is 15.2. The number of aliphatic hydroxyl groups excluding tert-OH is 2. The van der Waals surface area contributed by atoms with E-state index in [-0.39, 0.29) is 29.1 Å². The summed E-state index contributed by atoms with van der Waals surface area (Å²) in [4.78, 5) is 39.8. The number of ketones is 1. The Morgan fingerprint density at radius 3 is 2.18 bits per heavy atom. The number of carbonyl (C=O) groups excluding carboxylic acids is 3. The van der Waals surface area contributed by atoms with Crippen LogP contribution in [0.4, 0.5) is 0 Å². The van der Waals surface area contributed by atoms with Gasteiger partial charge in [-0.2, -0.15) is 0 Å². The molecule has 4 saturated carbocycles. The summed E-state index contributed by atoms with van der Waals surface area (Å²) in [7, 11) is 3.04. The summed E-state index contributed by atoms with van der Waals surface area (Å²) in [5.74, 6) is -1.41. The molecule has 7 fully saturated rings. The van der Waals surface area contributed by atoms with Gasteiger partial charge in [0.2, 0.25) is 0 Å². The average molecular weight is 793 g/mol. The van der Waals surface area contributed by atoms with Crippen LogP contribution in [0.25, 0.3) is 0 Å². The summed E-state index contributed by atoms with van der Waals surface area (Å²) in [6.45, 7) is 14.4. The van der Waals surface area contributed by atoms with Crippen molar-refractivity contribution in [3.8, 4) is 0 Å². The Kier molecular flexibility index (Phi) is 11.5. The van der Waals surface area contributed by atoms with Crippen molar-refractivity contribution >= 4 is 17.7 Å². The van der Waals surface area contributed by atoms with E-state index in [1.807, 2.05) is 13.8 Å². The molecule has 7 aliphatic rings. The highest BCUT2D eigenvalue weighted by Crippen LogP contribution is 2.81. The zero-order valence-corrected chi connectivity index (χ0v) is 34.7. The van der Waals surface area contributed by atoms with Crippen molar-refractivity contribution in [1.29, 1.82) is 0 Å². The molecule has 7 rings (SSSR count). The van der Waals surface area contributed by atoms with Crippen LogP contribution in [0.5, 0.6) is 0 Å². The van der Waals surface area contributed by atoms with Gasteiger partial charge < -0.3 is 52.8 Å². The number of methoxy groups -OCH3 is 2. The van der Waals surface area contributed by atoms with Crippen LogP contribution in [0.3, 0.4) is 0 Å². The first kappa shape index (κ1) is 42.1. The molecule has 14 nitrogen and oxygen atoms in total. The molecule has 3 aliphatic heterocycles. The van der Waals surface area contributed by atoms with E-state index < -0.39 is 102 Å². The first-order valence-corrected chi connectivity index (χ1v) is 20.7. The SMILES string of the molecule is C/C=C(\C)C(=O)O[C@@H]1[C@@H](OC(C)=O)[C@]2(C)[C@H](C(C)=O)CC[C@@]23O[C@]32CC[C@@H]3CC(O[C@H]4C[C@@H](OC)[C@H](O[C@@H]5O[C@H](C)[C@@H](O)[C@@H](OC)[C@H]5O)[C@@H](C)O4)CC[C@]3(C)[C@H]12. The van der Waals surface area contributed by atoms with E-state index in [1.54, 1.807) is 40.9 Å². The third kappa shape index (κ3) is 6.34. The number of esters is 2. The number of rotatable bonds is 10. The van der Waals surface area contributed by atoms with Gasteiger partial charge in [-0.3, -0.25) is 9.59 Å². The van der Waals surface area contributed by atoms with Gasteiger partial charge in [0.15, 0.2) is 12.6 Å². The zero-order valence-electron chi connectivity index (χ0n) is 34.7. The summed E-state index contributed by atoms with van der Waals surface area (Å²) < 4.78 is 56.4. The van der Waals surface area contributed by atoms with Crippen LogP contribution in [0, 0.1) is 28.6 Å². The fourth-order valence-corrected chi connectivity index (χ4v) is 12.6. The zero-order chi connectivity index (χ0) is 40.7. The minimum Gasteiger partial charge on any atom is -0.458 e. The standard InChI is InChI=1S/C42H64O14/c1-11-20(2)37(47)54-34-35-39(7)15-13-26(53-29-19-28(48-9)32(23(5)50-29)55-38-31(46)33(49-10)30(45)22(4)51-38)18-25(39)12-16-41(35)42(56-41)17-14-27(21(3)43)40(42,8)36(34)52-24(6)44/h11,22-23,25-36,38,45-46H,12-19H2,1-10H3/b20-11+/t22-,23-,25-,26?,27+,28-,29+,30-,31-,32-,33-,34+,35+,36-,38+,39+,40+,41+,42-/m1/s1. The van der Waals surface area contributed by atoms with Crippen LogP contribution >= 0.6 is 0 Å². The van der Waals surface area contributed by atoms with Gasteiger partial charge in [-0.1, -0.05) is 19.9 Å². The van der Waals surface area contributed by atoms with Crippen molar-refractivity contribution in [2.45, 2.75) is 192 Å². The fourth-order valence-electron chi connectivity index (χ4n) is 12.6.